The number of rotatable bonds is 4. The van der Waals surface area contributed by atoms with Gasteiger partial charge in [0.1, 0.15) is 10.7 Å². The predicted molar refractivity (Wildman–Crippen MR) is 85.5 cm³/mol. The molecule has 3 heterocycles. The van der Waals surface area contributed by atoms with Gasteiger partial charge in [-0.3, -0.25) is 4.90 Å². The summed E-state index contributed by atoms with van der Waals surface area (Å²) in [7, 11) is 0. The van der Waals surface area contributed by atoms with Gasteiger partial charge >= 0.3 is 0 Å². The van der Waals surface area contributed by atoms with Gasteiger partial charge in [0.05, 0.1) is 12.7 Å². The molecule has 1 aromatic heterocycles. The second-order valence-electron chi connectivity index (χ2n) is 5.71. The lowest BCUT2D eigenvalue weighted by atomic mass is 10.2. The number of nitrogens with zero attached hydrogens (tertiary/aromatic N) is 3. The van der Waals surface area contributed by atoms with Gasteiger partial charge in [-0.2, -0.15) is 0 Å². The van der Waals surface area contributed by atoms with Gasteiger partial charge in [0, 0.05) is 24.8 Å². The summed E-state index contributed by atoms with van der Waals surface area (Å²) in [5.74, 6) is 0.560. The highest BCUT2D eigenvalue weighted by Crippen LogP contribution is 2.22. The van der Waals surface area contributed by atoms with Crippen LogP contribution in [-0.4, -0.2) is 58.2 Å². The molecule has 2 saturated heterocycles. The normalized spacial score (nSPS) is 25.6. The molecule has 114 valence electrons. The zero-order valence-electron chi connectivity index (χ0n) is 12.2. The average molecular weight is 307 g/mol. The molecular formula is C14H21N5OS. The maximum absolute atomic E-state index is 5.91. The Morgan fingerprint density at radius 2 is 2.43 bits per heavy atom. The van der Waals surface area contributed by atoms with Crippen molar-refractivity contribution in [1.29, 1.82) is 0 Å². The third-order valence-corrected chi connectivity index (χ3v) is 4.27. The van der Waals surface area contributed by atoms with Gasteiger partial charge in [0.25, 0.3) is 0 Å². The third kappa shape index (κ3) is 3.48. The van der Waals surface area contributed by atoms with E-state index in [0.717, 1.165) is 18.8 Å². The molecule has 6 nitrogen and oxygen atoms in total. The molecule has 1 aromatic rings. The molecule has 3 rings (SSSR count). The van der Waals surface area contributed by atoms with Crippen molar-refractivity contribution in [3.63, 3.8) is 0 Å². The first-order chi connectivity index (χ1) is 10.1. The minimum absolute atomic E-state index is 0.178. The molecule has 0 aliphatic carbocycles. The van der Waals surface area contributed by atoms with E-state index in [0.29, 0.717) is 24.2 Å². The molecule has 0 radical (unpaired) electrons. The maximum Gasteiger partial charge on any atom is 0.223 e. The van der Waals surface area contributed by atoms with E-state index in [1.165, 1.54) is 19.4 Å². The summed E-state index contributed by atoms with van der Waals surface area (Å²) in [6.45, 7) is 5.60. The van der Waals surface area contributed by atoms with E-state index in [1.54, 1.807) is 6.07 Å². The zero-order valence-corrected chi connectivity index (χ0v) is 13.0. The van der Waals surface area contributed by atoms with Crippen molar-refractivity contribution in [3.05, 3.63) is 17.5 Å². The number of aromatic nitrogens is 2. The van der Waals surface area contributed by atoms with E-state index in [2.05, 4.69) is 20.2 Å². The molecule has 0 bridgehead atoms. The van der Waals surface area contributed by atoms with Gasteiger partial charge in [-0.05, 0) is 32.4 Å². The summed E-state index contributed by atoms with van der Waals surface area (Å²) in [5.41, 5.74) is 7.08. The van der Waals surface area contributed by atoms with Crippen molar-refractivity contribution in [2.75, 3.05) is 31.6 Å². The van der Waals surface area contributed by atoms with Crippen LogP contribution in [0.1, 0.15) is 24.2 Å². The van der Waals surface area contributed by atoms with Crippen LogP contribution in [0.2, 0.25) is 0 Å². The SMILES string of the molecule is Cc1cc(C(N)=S)nc(NCC2CN3CCCC3CO2)n1. The second kappa shape index (κ2) is 6.21. The van der Waals surface area contributed by atoms with Crippen molar-refractivity contribution in [3.8, 4) is 0 Å². The molecule has 7 heteroatoms. The quantitative estimate of drug-likeness (QED) is 0.793. The molecule has 0 aromatic carbocycles. The fourth-order valence-corrected chi connectivity index (χ4v) is 3.09. The predicted octanol–water partition coefficient (Wildman–Crippen LogP) is 0.694. The number of nitrogens with two attached hydrogens (primary N) is 1. The summed E-state index contributed by atoms with van der Waals surface area (Å²) in [6.07, 6.45) is 2.72. The molecule has 0 saturated carbocycles. The zero-order chi connectivity index (χ0) is 14.8. The topological polar surface area (TPSA) is 76.3 Å². The Balaban J connectivity index is 1.59. The first-order valence-corrected chi connectivity index (χ1v) is 7.77. The minimum atomic E-state index is 0.178. The molecule has 0 amide bonds. The molecule has 2 aliphatic heterocycles. The van der Waals surface area contributed by atoms with Crippen LogP contribution >= 0.6 is 12.2 Å². The molecule has 0 spiro atoms. The summed E-state index contributed by atoms with van der Waals surface area (Å²) in [4.78, 5) is 11.5. The van der Waals surface area contributed by atoms with E-state index in [1.807, 2.05) is 6.92 Å². The Morgan fingerprint density at radius 3 is 3.24 bits per heavy atom. The van der Waals surface area contributed by atoms with Gasteiger partial charge in [-0.25, -0.2) is 9.97 Å². The van der Waals surface area contributed by atoms with Gasteiger partial charge in [0.15, 0.2) is 0 Å². The Labute approximate surface area is 130 Å². The van der Waals surface area contributed by atoms with E-state index in [9.17, 15) is 0 Å². The molecular weight excluding hydrogens is 286 g/mol. The number of ether oxygens (including phenoxy) is 1. The van der Waals surface area contributed by atoms with Crippen LogP contribution in [0.5, 0.6) is 0 Å². The van der Waals surface area contributed by atoms with Crippen LogP contribution in [0.3, 0.4) is 0 Å². The number of hydrogen-bond acceptors (Lipinski definition) is 6. The molecule has 2 aliphatic rings. The number of thiocarbonyl (C=S) groups is 1. The Morgan fingerprint density at radius 1 is 1.57 bits per heavy atom. The fraction of sp³-hybridized carbons (Fsp3) is 0.643. The molecule has 2 unspecified atom stereocenters. The summed E-state index contributed by atoms with van der Waals surface area (Å²) >= 11 is 4.97. The first kappa shape index (κ1) is 14.6. The van der Waals surface area contributed by atoms with Gasteiger partial charge in [-0.1, -0.05) is 12.2 Å². The highest BCUT2D eigenvalue weighted by Gasteiger charge is 2.32. The van der Waals surface area contributed by atoms with Crippen LogP contribution in [0.25, 0.3) is 0 Å². The highest BCUT2D eigenvalue weighted by molar-refractivity contribution is 7.80. The van der Waals surface area contributed by atoms with Crippen molar-refractivity contribution < 1.29 is 4.74 Å². The monoisotopic (exact) mass is 307 g/mol. The van der Waals surface area contributed by atoms with Gasteiger partial charge in [-0.15, -0.1) is 0 Å². The number of nitrogens with one attached hydrogen (secondary N) is 1. The fourth-order valence-electron chi connectivity index (χ4n) is 2.99. The number of anilines is 1. The Hall–Kier alpha value is -1.31. The largest absolute Gasteiger partial charge is 0.388 e. The second-order valence-corrected chi connectivity index (χ2v) is 6.15. The van der Waals surface area contributed by atoms with Crippen LogP contribution in [-0.2, 0) is 4.74 Å². The van der Waals surface area contributed by atoms with Crippen LogP contribution < -0.4 is 11.1 Å². The van der Waals surface area contributed by atoms with Crippen molar-refractivity contribution in [2.45, 2.75) is 31.9 Å². The lowest BCUT2D eigenvalue weighted by Gasteiger charge is -2.35. The van der Waals surface area contributed by atoms with Crippen LogP contribution in [0, 0.1) is 6.92 Å². The lowest BCUT2D eigenvalue weighted by Crippen LogP contribution is -2.48. The van der Waals surface area contributed by atoms with E-state index >= 15 is 0 Å². The summed E-state index contributed by atoms with van der Waals surface area (Å²) in [6, 6.07) is 2.41. The lowest BCUT2D eigenvalue weighted by molar-refractivity contribution is -0.0416. The highest BCUT2D eigenvalue weighted by atomic mass is 32.1. The van der Waals surface area contributed by atoms with Crippen LogP contribution in [0.15, 0.2) is 6.07 Å². The number of hydrogen-bond donors (Lipinski definition) is 2. The molecule has 2 atom stereocenters. The van der Waals surface area contributed by atoms with Gasteiger partial charge < -0.3 is 15.8 Å². The number of aryl methyl sites for hydroxylation is 1. The molecule has 21 heavy (non-hydrogen) atoms. The standard InChI is InChI=1S/C14H21N5OS/c1-9-5-12(13(15)21)18-14(17-9)16-6-11-7-19-4-2-3-10(19)8-20-11/h5,10-11H,2-4,6-8H2,1H3,(H2,15,21)(H,16,17,18). The number of fused-ring (bicyclic) bond motifs is 1. The first-order valence-electron chi connectivity index (χ1n) is 7.37. The Kier molecular flexibility index (Phi) is 4.32. The van der Waals surface area contributed by atoms with Crippen molar-refractivity contribution in [1.82, 2.24) is 14.9 Å². The minimum Gasteiger partial charge on any atom is -0.388 e. The maximum atomic E-state index is 5.91. The summed E-state index contributed by atoms with van der Waals surface area (Å²) < 4.78 is 5.91. The smallest absolute Gasteiger partial charge is 0.223 e. The van der Waals surface area contributed by atoms with Crippen molar-refractivity contribution in [2.24, 2.45) is 5.73 Å². The van der Waals surface area contributed by atoms with Crippen molar-refractivity contribution >= 4 is 23.2 Å². The average Bonchev–Trinajstić information content (AvgIpc) is 2.92. The van der Waals surface area contributed by atoms with E-state index in [4.69, 9.17) is 22.7 Å². The van der Waals surface area contributed by atoms with E-state index < -0.39 is 0 Å². The third-order valence-electron chi connectivity index (χ3n) is 4.06. The van der Waals surface area contributed by atoms with E-state index in [-0.39, 0.29) is 11.1 Å². The Bertz CT molecular complexity index is 538. The molecule has 2 fully saturated rings. The summed E-state index contributed by atoms with van der Waals surface area (Å²) in [5, 5.41) is 3.24. The van der Waals surface area contributed by atoms with Gasteiger partial charge in [0.2, 0.25) is 5.95 Å². The molecule has 3 N–H and O–H groups in total. The number of morpholine rings is 1. The van der Waals surface area contributed by atoms with Crippen LogP contribution in [0.4, 0.5) is 5.95 Å².